The predicted molar refractivity (Wildman–Crippen MR) is 144 cm³/mol. The van der Waals surface area contributed by atoms with Crippen LogP contribution in [0.3, 0.4) is 0 Å². The zero-order chi connectivity index (χ0) is 26.5. The number of hydrogen-bond donors (Lipinski definition) is 1. The summed E-state index contributed by atoms with van der Waals surface area (Å²) in [5, 5.41) is 11.0. The third-order valence-corrected chi connectivity index (χ3v) is 10.2. The molecule has 0 bridgehead atoms. The highest BCUT2D eigenvalue weighted by Gasteiger charge is 2.74. The van der Waals surface area contributed by atoms with Gasteiger partial charge in [-0.05, 0) is 49.9 Å². The minimum atomic E-state index is -0.986. The Morgan fingerprint density at radius 1 is 1.11 bits per heavy atom. The van der Waals surface area contributed by atoms with Crippen molar-refractivity contribution >= 4 is 46.8 Å². The monoisotopic (exact) mass is 544 g/mol. The molecule has 0 saturated carbocycles. The summed E-state index contributed by atoms with van der Waals surface area (Å²) >= 11 is 7.61. The molecule has 1 N–H and O–H groups in total. The molecule has 2 amide bonds. The lowest BCUT2D eigenvalue weighted by Crippen LogP contribution is -2.58. The molecular formula is C28H33ClN2O5S. The van der Waals surface area contributed by atoms with E-state index in [9.17, 15) is 19.5 Å². The second kappa shape index (κ2) is 9.79. The van der Waals surface area contributed by atoms with E-state index in [1.165, 1.54) is 11.8 Å². The van der Waals surface area contributed by atoms with Crippen LogP contribution in [0.5, 0.6) is 0 Å². The normalized spacial score (nSPS) is 35.2. The topological polar surface area (TPSA) is 87.2 Å². The zero-order valence-corrected chi connectivity index (χ0v) is 22.9. The van der Waals surface area contributed by atoms with Crippen molar-refractivity contribution in [3.8, 4) is 0 Å². The summed E-state index contributed by atoms with van der Waals surface area (Å²) < 4.78 is 3.95. The van der Waals surface area contributed by atoms with Gasteiger partial charge in [0.1, 0.15) is 6.04 Å². The molecule has 0 aliphatic carbocycles. The molecule has 4 aliphatic rings. The van der Waals surface area contributed by atoms with Crippen molar-refractivity contribution in [1.82, 2.24) is 4.90 Å². The number of nitrogens with zero attached hydrogens (tertiary/aromatic N) is 2. The number of fused-ring (bicyclic) bond motifs is 2. The predicted octanol–water partition coefficient (Wildman–Crippen LogP) is 3.84. The van der Waals surface area contributed by atoms with Crippen molar-refractivity contribution in [2.45, 2.75) is 55.2 Å². The van der Waals surface area contributed by atoms with Gasteiger partial charge in [-0.15, -0.1) is 11.8 Å². The van der Waals surface area contributed by atoms with Crippen LogP contribution in [-0.4, -0.2) is 69.1 Å². The number of amides is 2. The molecule has 0 aromatic heterocycles. The number of ether oxygens (including phenoxy) is 1. The van der Waals surface area contributed by atoms with Crippen LogP contribution in [0, 0.1) is 17.8 Å². The highest BCUT2D eigenvalue weighted by molar-refractivity contribution is 8.02. The Bertz CT molecular complexity index is 1150. The van der Waals surface area contributed by atoms with Gasteiger partial charge in [0.15, 0.2) is 0 Å². The van der Waals surface area contributed by atoms with Gasteiger partial charge in [0.2, 0.25) is 5.91 Å². The Morgan fingerprint density at radius 2 is 1.84 bits per heavy atom. The molecule has 4 aliphatic heterocycles. The maximum absolute atomic E-state index is 14.5. The van der Waals surface area contributed by atoms with Crippen molar-refractivity contribution in [2.75, 3.05) is 24.7 Å². The number of anilines is 1. The van der Waals surface area contributed by atoms with Crippen LogP contribution in [0.25, 0.3) is 0 Å². The smallest absolute Gasteiger partial charge is 0.311 e. The first-order valence-corrected chi connectivity index (χ1v) is 14.1. The number of esters is 1. The summed E-state index contributed by atoms with van der Waals surface area (Å²) in [5.74, 6) is -2.56. The number of rotatable bonds is 4. The molecule has 2 saturated heterocycles. The first-order chi connectivity index (χ1) is 17.6. The summed E-state index contributed by atoms with van der Waals surface area (Å²) in [6.07, 6.45) is 9.49. The molecule has 1 spiro atoms. The number of benzene rings is 1. The molecule has 7 nitrogen and oxygen atoms in total. The highest BCUT2D eigenvalue weighted by Crippen LogP contribution is 2.65. The number of halogens is 1. The van der Waals surface area contributed by atoms with Gasteiger partial charge < -0.3 is 19.6 Å². The third-order valence-electron chi connectivity index (χ3n) is 8.14. The van der Waals surface area contributed by atoms with E-state index in [4.69, 9.17) is 16.3 Å². The van der Waals surface area contributed by atoms with Gasteiger partial charge in [-0.25, -0.2) is 0 Å². The molecule has 0 radical (unpaired) electrons. The average molecular weight is 545 g/mol. The molecule has 37 heavy (non-hydrogen) atoms. The summed E-state index contributed by atoms with van der Waals surface area (Å²) in [4.78, 5) is 45.6. The van der Waals surface area contributed by atoms with Crippen molar-refractivity contribution in [2.24, 2.45) is 17.8 Å². The molecule has 4 heterocycles. The van der Waals surface area contributed by atoms with Crippen LogP contribution < -0.4 is 4.90 Å². The number of carbonyl (C=O) groups is 3. The molecule has 9 heteroatoms. The molecule has 198 valence electrons. The molecule has 1 aromatic rings. The highest BCUT2D eigenvalue weighted by atomic mass is 35.5. The Balaban J connectivity index is 1.69. The SMILES string of the molecule is CC(C)[C@H](CO)N1C(=O)[C@@H]2[C@H]3C(=O)OCCC/C=C\[C@@]3(C)S[C@@]23C=CCN(c2ccc(Cl)cc2)C(=O)C13. The molecule has 1 aromatic carbocycles. The molecule has 1 unspecified atom stereocenters. The standard InChI is InChI=1S/C28H33ClN2O5S/c1-17(2)20(16-32)31-23-25(34)30(19-10-8-18(29)9-11-19)14-7-13-28(23)21(24(31)33)22-26(35)36-15-6-4-5-12-27(22,3)37-28/h5,7-13,17,20-23,32H,4,6,14-16H2,1-3H3/b12-5-/t20-,21-,22-,23?,27+,28-/m0/s1. The maximum atomic E-state index is 14.5. The number of allylic oxidation sites excluding steroid dienone is 1. The van der Waals surface area contributed by atoms with Gasteiger partial charge in [0.05, 0.1) is 35.8 Å². The molecular weight excluding hydrogens is 512 g/mol. The second-order valence-corrected chi connectivity index (χ2v) is 13.0. The van der Waals surface area contributed by atoms with E-state index < -0.39 is 39.4 Å². The number of cyclic esters (lactones) is 1. The third kappa shape index (κ3) is 4.12. The van der Waals surface area contributed by atoms with Crippen LogP contribution >= 0.6 is 23.4 Å². The summed E-state index contributed by atoms with van der Waals surface area (Å²) in [7, 11) is 0. The summed E-state index contributed by atoms with van der Waals surface area (Å²) in [6.45, 7) is 6.16. The average Bonchev–Trinajstić information content (AvgIpc) is 3.20. The number of carbonyl (C=O) groups excluding carboxylic acids is 3. The van der Waals surface area contributed by atoms with Crippen LogP contribution in [0.2, 0.25) is 5.02 Å². The first kappa shape index (κ1) is 26.3. The molecule has 5 rings (SSSR count). The van der Waals surface area contributed by atoms with Gasteiger partial charge >= 0.3 is 5.97 Å². The lowest BCUT2D eigenvalue weighted by molar-refractivity contribution is -0.154. The summed E-state index contributed by atoms with van der Waals surface area (Å²) in [6, 6.07) is 5.58. The maximum Gasteiger partial charge on any atom is 0.311 e. The number of thioether (sulfide) groups is 1. The minimum Gasteiger partial charge on any atom is -0.465 e. The van der Waals surface area contributed by atoms with Crippen molar-refractivity contribution in [3.05, 3.63) is 53.6 Å². The number of aliphatic hydroxyl groups is 1. The Kier molecular flexibility index (Phi) is 6.96. The van der Waals surface area contributed by atoms with Crippen LogP contribution in [-0.2, 0) is 19.1 Å². The van der Waals surface area contributed by atoms with Gasteiger partial charge in [0.25, 0.3) is 5.91 Å². The van der Waals surface area contributed by atoms with Crippen LogP contribution in [0.1, 0.15) is 33.6 Å². The van der Waals surface area contributed by atoms with E-state index in [1.807, 2.05) is 39.0 Å². The fraction of sp³-hybridized carbons (Fsp3) is 0.536. The van der Waals surface area contributed by atoms with E-state index in [0.717, 1.165) is 12.8 Å². The van der Waals surface area contributed by atoms with Gasteiger partial charge in [0, 0.05) is 22.0 Å². The molecule has 6 atom stereocenters. The number of hydrogen-bond acceptors (Lipinski definition) is 6. The first-order valence-electron chi connectivity index (χ1n) is 12.9. The zero-order valence-electron chi connectivity index (χ0n) is 21.3. The van der Waals surface area contributed by atoms with E-state index in [0.29, 0.717) is 23.9 Å². The lowest BCUT2D eigenvalue weighted by Gasteiger charge is -2.41. The van der Waals surface area contributed by atoms with E-state index in [-0.39, 0.29) is 24.3 Å². The van der Waals surface area contributed by atoms with E-state index in [2.05, 4.69) is 6.08 Å². The van der Waals surface area contributed by atoms with Gasteiger partial charge in [-0.1, -0.05) is 49.8 Å². The van der Waals surface area contributed by atoms with E-state index >= 15 is 0 Å². The quantitative estimate of drug-likeness (QED) is 0.458. The fourth-order valence-electron chi connectivity index (χ4n) is 6.40. The van der Waals surface area contributed by atoms with Gasteiger partial charge in [-0.2, -0.15) is 0 Å². The van der Waals surface area contributed by atoms with E-state index in [1.54, 1.807) is 34.1 Å². The Hall–Kier alpha value is -2.29. The second-order valence-electron chi connectivity index (χ2n) is 10.8. The fourth-order valence-corrected chi connectivity index (χ4v) is 8.67. The Labute approximate surface area is 226 Å². The van der Waals surface area contributed by atoms with Crippen molar-refractivity contribution in [1.29, 1.82) is 0 Å². The van der Waals surface area contributed by atoms with Crippen molar-refractivity contribution in [3.63, 3.8) is 0 Å². The van der Waals surface area contributed by atoms with Crippen LogP contribution in [0.4, 0.5) is 5.69 Å². The van der Waals surface area contributed by atoms with Gasteiger partial charge in [-0.3, -0.25) is 14.4 Å². The Morgan fingerprint density at radius 3 is 2.51 bits per heavy atom. The summed E-state index contributed by atoms with van der Waals surface area (Å²) in [5.41, 5.74) is 0.674. The van der Waals surface area contributed by atoms with Crippen LogP contribution in [0.15, 0.2) is 48.6 Å². The minimum absolute atomic E-state index is 0.0994. The largest absolute Gasteiger partial charge is 0.465 e. The van der Waals surface area contributed by atoms with Crippen molar-refractivity contribution < 1.29 is 24.2 Å². The number of likely N-dealkylation sites (tertiary alicyclic amines) is 1. The lowest BCUT2D eigenvalue weighted by atomic mass is 9.74. The number of aliphatic hydroxyl groups excluding tert-OH is 1. The molecule has 2 fully saturated rings.